The van der Waals surface area contributed by atoms with Crippen molar-refractivity contribution in [3.05, 3.63) is 35.4 Å². The van der Waals surface area contributed by atoms with E-state index < -0.39 is 0 Å². The number of hydrogen-bond donors (Lipinski definition) is 0. The van der Waals surface area contributed by atoms with E-state index in [4.69, 9.17) is 4.74 Å². The topological polar surface area (TPSA) is 15.7 Å². The lowest BCUT2D eigenvalue weighted by Gasteiger charge is -2.23. The Morgan fingerprint density at radius 3 is 2.32 bits per heavy atom. The quantitative estimate of drug-likeness (QED) is 0.849. The third-order valence-corrected chi connectivity index (χ3v) is 5.70. The van der Waals surface area contributed by atoms with Crippen LogP contribution in [-0.2, 0) is 11.3 Å². The zero-order valence-electron chi connectivity index (χ0n) is 13.7. The molecule has 3 heterocycles. The van der Waals surface area contributed by atoms with E-state index >= 15 is 0 Å². The van der Waals surface area contributed by atoms with Gasteiger partial charge in [-0.1, -0.05) is 29.8 Å². The number of fused-ring (bicyclic) bond motifs is 1. The number of rotatable bonds is 4. The van der Waals surface area contributed by atoms with Crippen LogP contribution >= 0.6 is 0 Å². The zero-order chi connectivity index (χ0) is 14.9. The molecule has 3 heteroatoms. The predicted octanol–water partition coefficient (Wildman–Crippen LogP) is 2.40. The van der Waals surface area contributed by atoms with Gasteiger partial charge in [0, 0.05) is 45.9 Å². The molecule has 3 saturated heterocycles. The largest absolute Gasteiger partial charge is 0.381 e. The number of ether oxygens (including phenoxy) is 1. The van der Waals surface area contributed by atoms with E-state index in [2.05, 4.69) is 41.0 Å². The van der Waals surface area contributed by atoms with Gasteiger partial charge in [-0.2, -0.15) is 0 Å². The Morgan fingerprint density at radius 1 is 1.00 bits per heavy atom. The summed E-state index contributed by atoms with van der Waals surface area (Å²) in [5, 5.41) is 0. The van der Waals surface area contributed by atoms with Crippen LogP contribution in [0.2, 0.25) is 0 Å². The molecule has 0 N–H and O–H groups in total. The highest BCUT2D eigenvalue weighted by Gasteiger charge is 2.40. The average molecular weight is 300 g/mol. The predicted molar refractivity (Wildman–Crippen MR) is 88.8 cm³/mol. The van der Waals surface area contributed by atoms with Gasteiger partial charge in [0.05, 0.1) is 6.61 Å². The van der Waals surface area contributed by atoms with Crippen LogP contribution in [0.25, 0.3) is 0 Å². The molecule has 0 radical (unpaired) electrons. The highest BCUT2D eigenvalue weighted by molar-refractivity contribution is 5.21. The number of benzene rings is 1. The minimum Gasteiger partial charge on any atom is -0.381 e. The fraction of sp³-hybridized carbons (Fsp3) is 0.684. The van der Waals surface area contributed by atoms with Gasteiger partial charge in [-0.05, 0) is 36.7 Å². The first-order chi connectivity index (χ1) is 10.8. The maximum atomic E-state index is 5.52. The molecule has 120 valence electrons. The van der Waals surface area contributed by atoms with Crippen molar-refractivity contribution in [2.75, 3.05) is 45.9 Å². The molecule has 1 aromatic rings. The molecule has 3 fully saturated rings. The Bertz CT molecular complexity index is 481. The summed E-state index contributed by atoms with van der Waals surface area (Å²) in [6.45, 7) is 11.7. The van der Waals surface area contributed by atoms with Crippen molar-refractivity contribution in [1.82, 2.24) is 9.80 Å². The summed E-state index contributed by atoms with van der Waals surface area (Å²) in [4.78, 5) is 5.37. The van der Waals surface area contributed by atoms with Crippen LogP contribution in [0.3, 0.4) is 0 Å². The van der Waals surface area contributed by atoms with E-state index in [1.54, 1.807) is 0 Å². The van der Waals surface area contributed by atoms with Gasteiger partial charge in [0.1, 0.15) is 0 Å². The van der Waals surface area contributed by atoms with Crippen LogP contribution in [0.4, 0.5) is 0 Å². The first-order valence-electron chi connectivity index (χ1n) is 8.84. The Balaban J connectivity index is 1.27. The van der Waals surface area contributed by atoms with E-state index in [1.807, 2.05) is 0 Å². The Hall–Kier alpha value is -0.900. The standard InChI is InChI=1S/C19H28N2O/c1-15-2-4-16(5-3-15)8-20-10-18-12-21(13-19(18)11-20)9-17-6-7-22-14-17/h2-5,17-19H,6-14H2,1H3/t17?,18-,19+. The first-order valence-corrected chi connectivity index (χ1v) is 8.84. The van der Waals surface area contributed by atoms with Crippen LogP contribution in [0, 0.1) is 24.7 Å². The fourth-order valence-electron chi connectivity index (χ4n) is 4.51. The van der Waals surface area contributed by atoms with Gasteiger partial charge in [-0.25, -0.2) is 0 Å². The van der Waals surface area contributed by atoms with E-state index in [0.717, 1.165) is 37.5 Å². The van der Waals surface area contributed by atoms with E-state index in [0.29, 0.717) is 0 Å². The average Bonchev–Trinajstić information content (AvgIpc) is 3.18. The highest BCUT2D eigenvalue weighted by atomic mass is 16.5. The van der Waals surface area contributed by atoms with Gasteiger partial charge in [-0.3, -0.25) is 4.90 Å². The van der Waals surface area contributed by atoms with Crippen molar-refractivity contribution >= 4 is 0 Å². The van der Waals surface area contributed by atoms with E-state index in [9.17, 15) is 0 Å². The van der Waals surface area contributed by atoms with Crippen molar-refractivity contribution < 1.29 is 4.74 Å². The number of likely N-dealkylation sites (tertiary alicyclic amines) is 2. The molecule has 22 heavy (non-hydrogen) atoms. The Labute approximate surface area is 134 Å². The number of hydrogen-bond acceptors (Lipinski definition) is 3. The van der Waals surface area contributed by atoms with Crippen molar-refractivity contribution in [2.45, 2.75) is 19.9 Å². The van der Waals surface area contributed by atoms with Gasteiger partial charge >= 0.3 is 0 Å². The third kappa shape index (κ3) is 3.22. The molecule has 1 unspecified atom stereocenters. The molecule has 0 bridgehead atoms. The molecular weight excluding hydrogens is 272 g/mol. The normalized spacial score (nSPS) is 32.7. The van der Waals surface area contributed by atoms with E-state index in [1.165, 1.54) is 50.3 Å². The van der Waals surface area contributed by atoms with Gasteiger partial charge in [0.15, 0.2) is 0 Å². The lowest BCUT2D eigenvalue weighted by Crippen LogP contribution is -2.32. The molecule has 0 amide bonds. The van der Waals surface area contributed by atoms with Gasteiger partial charge < -0.3 is 9.64 Å². The maximum absolute atomic E-state index is 5.52. The smallest absolute Gasteiger partial charge is 0.0507 e. The molecule has 3 nitrogen and oxygen atoms in total. The fourth-order valence-corrected chi connectivity index (χ4v) is 4.51. The second-order valence-electron chi connectivity index (χ2n) is 7.65. The first kappa shape index (κ1) is 14.7. The molecule has 0 spiro atoms. The molecule has 1 aromatic carbocycles. The summed E-state index contributed by atoms with van der Waals surface area (Å²) in [6.07, 6.45) is 1.27. The van der Waals surface area contributed by atoms with Crippen molar-refractivity contribution in [3.8, 4) is 0 Å². The molecule has 0 aliphatic carbocycles. The van der Waals surface area contributed by atoms with Crippen molar-refractivity contribution in [1.29, 1.82) is 0 Å². The summed E-state index contributed by atoms with van der Waals surface area (Å²) in [7, 11) is 0. The van der Waals surface area contributed by atoms with Crippen LogP contribution in [0.5, 0.6) is 0 Å². The minimum absolute atomic E-state index is 0.794. The van der Waals surface area contributed by atoms with Crippen LogP contribution in [0.1, 0.15) is 17.5 Å². The summed E-state index contributed by atoms with van der Waals surface area (Å²) in [5.41, 5.74) is 2.82. The molecule has 0 saturated carbocycles. The molecule has 4 rings (SSSR count). The number of aryl methyl sites for hydroxylation is 1. The van der Waals surface area contributed by atoms with Gasteiger partial charge in [0.2, 0.25) is 0 Å². The zero-order valence-corrected chi connectivity index (χ0v) is 13.7. The van der Waals surface area contributed by atoms with Gasteiger partial charge in [-0.15, -0.1) is 0 Å². The highest BCUT2D eigenvalue weighted by Crippen LogP contribution is 2.32. The second-order valence-corrected chi connectivity index (χ2v) is 7.65. The molecule has 3 aliphatic rings. The molecule has 0 aromatic heterocycles. The number of nitrogens with zero attached hydrogens (tertiary/aromatic N) is 2. The summed E-state index contributed by atoms with van der Waals surface area (Å²) in [5.74, 6) is 2.59. The Morgan fingerprint density at radius 2 is 1.68 bits per heavy atom. The van der Waals surface area contributed by atoms with Crippen molar-refractivity contribution in [3.63, 3.8) is 0 Å². The Kier molecular flexibility index (Phi) is 4.21. The summed E-state index contributed by atoms with van der Waals surface area (Å²) in [6, 6.07) is 9.04. The lowest BCUT2D eigenvalue weighted by atomic mass is 10.0. The summed E-state index contributed by atoms with van der Waals surface area (Å²) < 4.78 is 5.52. The van der Waals surface area contributed by atoms with Gasteiger partial charge in [0.25, 0.3) is 0 Å². The SMILES string of the molecule is Cc1ccc(CN2C[C@@H]3CN(CC4CCOC4)C[C@@H]3C2)cc1. The molecule has 3 atom stereocenters. The van der Waals surface area contributed by atoms with Crippen LogP contribution < -0.4 is 0 Å². The monoisotopic (exact) mass is 300 g/mol. The molecule has 3 aliphatic heterocycles. The summed E-state index contributed by atoms with van der Waals surface area (Å²) >= 11 is 0. The minimum atomic E-state index is 0.794. The van der Waals surface area contributed by atoms with Crippen LogP contribution in [-0.4, -0.2) is 55.7 Å². The van der Waals surface area contributed by atoms with E-state index in [-0.39, 0.29) is 0 Å². The maximum Gasteiger partial charge on any atom is 0.0507 e. The molecular formula is C19H28N2O. The lowest BCUT2D eigenvalue weighted by molar-refractivity contribution is 0.169. The van der Waals surface area contributed by atoms with Crippen molar-refractivity contribution in [2.24, 2.45) is 17.8 Å². The third-order valence-electron chi connectivity index (χ3n) is 5.70. The second kappa shape index (κ2) is 6.31. The van der Waals surface area contributed by atoms with Crippen LogP contribution in [0.15, 0.2) is 24.3 Å².